The summed E-state index contributed by atoms with van der Waals surface area (Å²) in [7, 11) is 0. The first-order chi connectivity index (χ1) is 2.21. The fourth-order valence-corrected chi connectivity index (χ4v) is 0.181. The van der Waals surface area contributed by atoms with E-state index >= 15 is 0 Å². The van der Waals surface area contributed by atoms with Crippen LogP contribution in [-0.2, 0) is 0 Å². The third-order valence-electron chi connectivity index (χ3n) is 0.974. The molecule has 2 heteroatoms. The second-order valence-corrected chi connectivity index (χ2v) is 2.00. The number of aliphatic hydroxyl groups is 1. The molecule has 0 radical (unpaired) electrons. The van der Waals surface area contributed by atoms with Gasteiger partial charge in [-0.05, 0) is 19.8 Å². The predicted molar refractivity (Wildman–Crippen MR) is 19.9 cm³/mol. The summed E-state index contributed by atoms with van der Waals surface area (Å²) in [5.41, 5.74) is -0.250. The maximum absolute atomic E-state index is 8.63. The molecule has 1 aliphatic carbocycles. The Morgan fingerprint density at radius 1 is 1.50 bits per heavy atom. The van der Waals surface area contributed by atoms with Gasteiger partial charge in [-0.2, -0.15) is 0 Å². The van der Waals surface area contributed by atoms with Crippen LogP contribution in [0.5, 0.6) is 0 Å². The minimum Gasteiger partial charge on any atom is -0.390 e. The van der Waals surface area contributed by atoms with Crippen molar-refractivity contribution in [3.05, 3.63) is 0 Å². The van der Waals surface area contributed by atoms with Gasteiger partial charge in [0, 0.05) is 0 Å². The molecule has 30 valence electrons. The van der Waals surface area contributed by atoms with Crippen LogP contribution >= 0.6 is 0 Å². The van der Waals surface area contributed by atoms with Gasteiger partial charge >= 0.3 is 51.4 Å². The third kappa shape index (κ3) is 2.72. The van der Waals surface area contributed by atoms with Gasteiger partial charge in [0.05, 0.1) is 5.60 Å². The molecule has 1 aliphatic rings. The van der Waals surface area contributed by atoms with Crippen LogP contribution in [0, 0.1) is 0 Å². The van der Waals surface area contributed by atoms with Crippen LogP contribution in [0.3, 0.4) is 0 Å². The summed E-state index contributed by atoms with van der Waals surface area (Å²) in [6.07, 6.45) is 2.01. The van der Waals surface area contributed by atoms with Gasteiger partial charge in [-0.25, -0.2) is 0 Å². The van der Waals surface area contributed by atoms with Gasteiger partial charge in [-0.15, -0.1) is 0 Å². The van der Waals surface area contributed by atoms with Crippen molar-refractivity contribution in [2.75, 3.05) is 0 Å². The van der Waals surface area contributed by atoms with Crippen molar-refractivity contribution in [1.29, 1.82) is 0 Å². The Kier molecular flexibility index (Phi) is 2.84. The van der Waals surface area contributed by atoms with E-state index in [-0.39, 0.29) is 57.0 Å². The Hall–Kier alpha value is 1.60. The van der Waals surface area contributed by atoms with Crippen molar-refractivity contribution in [2.24, 2.45) is 0 Å². The minimum atomic E-state index is -0.250. The van der Waals surface area contributed by atoms with Crippen molar-refractivity contribution in [2.45, 2.75) is 25.4 Å². The van der Waals surface area contributed by atoms with Gasteiger partial charge in [0.25, 0.3) is 0 Å². The maximum Gasteiger partial charge on any atom is 1.00 e. The molecule has 1 N–H and O–H groups in total. The van der Waals surface area contributed by atoms with Crippen LogP contribution in [0.15, 0.2) is 0 Å². The fraction of sp³-hybridized carbons (Fsp3) is 1.00. The summed E-state index contributed by atoms with van der Waals surface area (Å²) in [6, 6.07) is 0. The molecule has 1 saturated carbocycles. The average Bonchev–Trinajstić information content (AvgIpc) is 1.76. The zero-order valence-electron chi connectivity index (χ0n) is 4.36. The van der Waals surface area contributed by atoms with Gasteiger partial charge < -0.3 is 5.11 Å². The predicted octanol–water partition coefficient (Wildman–Crippen LogP) is -2.46. The Bertz CT molecular complexity index is 45.5. The summed E-state index contributed by atoms with van der Waals surface area (Å²) < 4.78 is 0. The van der Waals surface area contributed by atoms with Crippen LogP contribution in [0.1, 0.15) is 19.8 Å². The number of hydrogen-bond acceptors (Lipinski definition) is 1. The Labute approximate surface area is 80.5 Å². The zero-order chi connectivity index (χ0) is 3.91. The van der Waals surface area contributed by atoms with E-state index in [1.54, 1.807) is 0 Å². The molecular formula is C4H8KO+. The van der Waals surface area contributed by atoms with E-state index in [0.29, 0.717) is 0 Å². The van der Waals surface area contributed by atoms with Crippen molar-refractivity contribution < 1.29 is 56.5 Å². The smallest absolute Gasteiger partial charge is 0.390 e. The fourth-order valence-electron chi connectivity index (χ4n) is 0.181. The van der Waals surface area contributed by atoms with Crippen LogP contribution in [0.2, 0.25) is 0 Å². The van der Waals surface area contributed by atoms with Crippen molar-refractivity contribution >= 4 is 0 Å². The van der Waals surface area contributed by atoms with Gasteiger partial charge in [-0.3, -0.25) is 0 Å². The quantitative estimate of drug-likeness (QED) is 0.344. The van der Waals surface area contributed by atoms with E-state index in [4.69, 9.17) is 5.11 Å². The van der Waals surface area contributed by atoms with Crippen molar-refractivity contribution in [1.82, 2.24) is 0 Å². The van der Waals surface area contributed by atoms with E-state index in [0.717, 1.165) is 12.8 Å². The van der Waals surface area contributed by atoms with Crippen LogP contribution < -0.4 is 51.4 Å². The van der Waals surface area contributed by atoms with Gasteiger partial charge in [0.15, 0.2) is 0 Å². The summed E-state index contributed by atoms with van der Waals surface area (Å²) in [5, 5.41) is 8.63. The minimum absolute atomic E-state index is 0. The summed E-state index contributed by atoms with van der Waals surface area (Å²) in [4.78, 5) is 0. The molecule has 0 saturated heterocycles. The van der Waals surface area contributed by atoms with E-state index in [2.05, 4.69) is 0 Å². The molecule has 0 aromatic heterocycles. The zero-order valence-corrected chi connectivity index (χ0v) is 7.48. The van der Waals surface area contributed by atoms with E-state index < -0.39 is 0 Å². The maximum atomic E-state index is 8.63. The molecule has 0 aromatic carbocycles. The normalized spacial score (nSPS) is 25.0. The van der Waals surface area contributed by atoms with Crippen molar-refractivity contribution in [3.63, 3.8) is 0 Å². The Morgan fingerprint density at radius 2 is 1.67 bits per heavy atom. The molecule has 0 aromatic rings. The first-order valence-electron chi connectivity index (χ1n) is 1.93. The first-order valence-corrected chi connectivity index (χ1v) is 1.93. The topological polar surface area (TPSA) is 20.2 Å². The second kappa shape index (κ2) is 2.24. The molecule has 1 rings (SSSR count). The molecule has 0 bridgehead atoms. The Morgan fingerprint density at radius 3 is 1.67 bits per heavy atom. The van der Waals surface area contributed by atoms with E-state index in [1.807, 2.05) is 6.92 Å². The van der Waals surface area contributed by atoms with Gasteiger partial charge in [0.1, 0.15) is 0 Å². The monoisotopic (exact) mass is 111 g/mol. The molecule has 0 heterocycles. The van der Waals surface area contributed by atoms with E-state index in [1.165, 1.54) is 0 Å². The molecule has 0 atom stereocenters. The second-order valence-electron chi connectivity index (χ2n) is 2.00. The van der Waals surface area contributed by atoms with Gasteiger partial charge in [-0.1, -0.05) is 0 Å². The third-order valence-corrected chi connectivity index (χ3v) is 0.974. The van der Waals surface area contributed by atoms with Gasteiger partial charge in [0.2, 0.25) is 0 Å². The first kappa shape index (κ1) is 7.60. The Balaban J connectivity index is 0.000000250. The number of hydrogen-bond donors (Lipinski definition) is 1. The molecule has 0 unspecified atom stereocenters. The summed E-state index contributed by atoms with van der Waals surface area (Å²) >= 11 is 0. The largest absolute Gasteiger partial charge is 1.00 e. The average molecular weight is 111 g/mol. The molecule has 0 spiro atoms. The SMILES string of the molecule is CC1(O)CC1.[K+]. The van der Waals surface area contributed by atoms with E-state index in [9.17, 15) is 0 Å². The molecular weight excluding hydrogens is 103 g/mol. The molecule has 0 aliphatic heterocycles. The standard InChI is InChI=1S/C4H8O.K/c1-4(5)2-3-4;/h5H,2-3H2,1H3;/q;+1. The molecule has 1 nitrogen and oxygen atoms in total. The number of rotatable bonds is 0. The molecule has 6 heavy (non-hydrogen) atoms. The van der Waals surface area contributed by atoms with Crippen LogP contribution in [0.4, 0.5) is 0 Å². The molecule has 1 fully saturated rings. The molecule has 0 amide bonds. The van der Waals surface area contributed by atoms with Crippen molar-refractivity contribution in [3.8, 4) is 0 Å². The van der Waals surface area contributed by atoms with Crippen LogP contribution in [-0.4, -0.2) is 10.7 Å². The summed E-state index contributed by atoms with van der Waals surface area (Å²) in [5.74, 6) is 0. The van der Waals surface area contributed by atoms with Crippen LogP contribution in [0.25, 0.3) is 0 Å². The summed E-state index contributed by atoms with van der Waals surface area (Å²) in [6.45, 7) is 1.85.